The summed E-state index contributed by atoms with van der Waals surface area (Å²) in [4.78, 5) is 10.5. The summed E-state index contributed by atoms with van der Waals surface area (Å²) in [5, 5.41) is 8.95. The van der Waals surface area contributed by atoms with Crippen molar-refractivity contribution in [2.45, 2.75) is 0 Å². The molecule has 0 amide bonds. The first-order valence-electron chi connectivity index (χ1n) is 3.42. The smallest absolute Gasteiger partial charge is 0.198 e. The first kappa shape index (κ1) is 7.83. The number of nitrogens with two attached hydrogens (primary N) is 1. The second kappa shape index (κ2) is 2.61. The first-order chi connectivity index (χ1) is 6.20. The van der Waals surface area contributed by atoms with Crippen LogP contribution in [0.2, 0.25) is 5.15 Å². The third-order valence-electron chi connectivity index (χ3n) is 1.56. The standard InChI is InChI=1S/C7H4ClN5/c8-5-1-3-6(4(2-9)11-5)13-7(10)12-3/h1H,(H3,10,12,13). The zero-order valence-electron chi connectivity index (χ0n) is 6.37. The fraction of sp³-hybridized carbons (Fsp3) is 0. The molecule has 0 aliphatic heterocycles. The second-order valence-corrected chi connectivity index (χ2v) is 2.81. The molecule has 0 bridgehead atoms. The number of anilines is 1. The molecule has 0 aliphatic carbocycles. The Balaban J connectivity index is 2.90. The number of aromatic nitrogens is 3. The Labute approximate surface area is 78.2 Å². The highest BCUT2D eigenvalue weighted by Crippen LogP contribution is 2.18. The summed E-state index contributed by atoms with van der Waals surface area (Å²) in [5.41, 5.74) is 6.66. The molecule has 2 rings (SSSR count). The molecule has 0 radical (unpaired) electrons. The maximum absolute atomic E-state index is 8.70. The Bertz CT molecular complexity index is 509. The molecule has 13 heavy (non-hydrogen) atoms. The van der Waals surface area contributed by atoms with Gasteiger partial charge in [-0.2, -0.15) is 5.26 Å². The van der Waals surface area contributed by atoms with Crippen molar-refractivity contribution in [2.75, 3.05) is 5.73 Å². The number of nitrogen functional groups attached to an aromatic ring is 1. The van der Waals surface area contributed by atoms with Crippen molar-refractivity contribution in [3.63, 3.8) is 0 Å². The molecular weight excluding hydrogens is 190 g/mol. The summed E-state index contributed by atoms with van der Waals surface area (Å²) in [6.07, 6.45) is 0. The molecular formula is C7H4ClN5. The zero-order chi connectivity index (χ0) is 9.42. The number of nitriles is 1. The van der Waals surface area contributed by atoms with E-state index in [1.54, 1.807) is 6.07 Å². The molecule has 5 nitrogen and oxygen atoms in total. The second-order valence-electron chi connectivity index (χ2n) is 2.42. The molecule has 0 aliphatic rings. The van der Waals surface area contributed by atoms with E-state index >= 15 is 0 Å². The number of hydrogen-bond acceptors (Lipinski definition) is 4. The lowest BCUT2D eigenvalue weighted by Crippen LogP contribution is -1.86. The predicted molar refractivity (Wildman–Crippen MR) is 48.0 cm³/mol. The number of hydrogen-bond donors (Lipinski definition) is 2. The van der Waals surface area contributed by atoms with Gasteiger partial charge in [0.15, 0.2) is 11.6 Å². The molecule has 0 saturated heterocycles. The van der Waals surface area contributed by atoms with Crippen molar-refractivity contribution in [1.82, 2.24) is 15.0 Å². The van der Waals surface area contributed by atoms with Gasteiger partial charge in [-0.05, 0) is 0 Å². The van der Waals surface area contributed by atoms with Crippen LogP contribution in [0.1, 0.15) is 5.69 Å². The van der Waals surface area contributed by atoms with Crippen LogP contribution in [0.15, 0.2) is 6.07 Å². The monoisotopic (exact) mass is 193 g/mol. The van der Waals surface area contributed by atoms with Gasteiger partial charge in [0.1, 0.15) is 16.7 Å². The third-order valence-corrected chi connectivity index (χ3v) is 1.76. The van der Waals surface area contributed by atoms with Gasteiger partial charge >= 0.3 is 0 Å². The molecule has 64 valence electrons. The van der Waals surface area contributed by atoms with Gasteiger partial charge in [0, 0.05) is 6.07 Å². The molecule has 0 fully saturated rings. The van der Waals surface area contributed by atoms with Gasteiger partial charge < -0.3 is 10.7 Å². The largest absolute Gasteiger partial charge is 0.369 e. The van der Waals surface area contributed by atoms with Crippen molar-refractivity contribution in [1.29, 1.82) is 5.26 Å². The van der Waals surface area contributed by atoms with Crippen LogP contribution in [-0.4, -0.2) is 15.0 Å². The quantitative estimate of drug-likeness (QED) is 0.612. The molecule has 6 heteroatoms. The summed E-state index contributed by atoms with van der Waals surface area (Å²) in [7, 11) is 0. The molecule has 3 N–H and O–H groups in total. The molecule has 0 unspecified atom stereocenters. The van der Waals surface area contributed by atoms with E-state index in [0.29, 0.717) is 11.0 Å². The maximum Gasteiger partial charge on any atom is 0.198 e. The van der Waals surface area contributed by atoms with E-state index in [4.69, 9.17) is 22.6 Å². The molecule has 2 heterocycles. The molecule has 0 saturated carbocycles. The van der Waals surface area contributed by atoms with E-state index in [1.165, 1.54) is 0 Å². The van der Waals surface area contributed by atoms with Gasteiger partial charge in [0.2, 0.25) is 0 Å². The minimum atomic E-state index is 0.176. The van der Waals surface area contributed by atoms with Gasteiger partial charge in [-0.15, -0.1) is 0 Å². The van der Waals surface area contributed by atoms with Crippen LogP contribution in [0.5, 0.6) is 0 Å². The number of fused-ring (bicyclic) bond motifs is 1. The van der Waals surface area contributed by atoms with Crippen LogP contribution in [0, 0.1) is 11.3 Å². The van der Waals surface area contributed by atoms with Gasteiger partial charge in [-0.3, -0.25) is 0 Å². The Hall–Kier alpha value is -1.80. The Morgan fingerprint density at radius 3 is 3.00 bits per heavy atom. The topological polar surface area (TPSA) is 91.4 Å². The van der Waals surface area contributed by atoms with Gasteiger partial charge in [-0.25, -0.2) is 9.97 Å². The predicted octanol–water partition coefficient (Wildman–Crippen LogP) is 1.07. The Kier molecular flexibility index (Phi) is 1.57. The van der Waals surface area contributed by atoms with E-state index in [2.05, 4.69) is 15.0 Å². The minimum absolute atomic E-state index is 0.176. The number of rotatable bonds is 0. The van der Waals surface area contributed by atoms with Crippen molar-refractivity contribution in [2.24, 2.45) is 0 Å². The third kappa shape index (κ3) is 1.17. The summed E-state index contributed by atoms with van der Waals surface area (Å²) >= 11 is 5.66. The van der Waals surface area contributed by atoms with Gasteiger partial charge in [-0.1, -0.05) is 11.6 Å². The number of nitrogens with one attached hydrogen (secondary N) is 1. The van der Waals surface area contributed by atoms with Crippen molar-refractivity contribution in [3.8, 4) is 6.07 Å². The van der Waals surface area contributed by atoms with Crippen LogP contribution < -0.4 is 5.73 Å². The van der Waals surface area contributed by atoms with E-state index in [0.717, 1.165) is 0 Å². The summed E-state index contributed by atoms with van der Waals surface area (Å²) < 4.78 is 0. The van der Waals surface area contributed by atoms with Gasteiger partial charge in [0.05, 0.1) is 5.52 Å². The minimum Gasteiger partial charge on any atom is -0.369 e. The molecule has 2 aromatic heterocycles. The van der Waals surface area contributed by atoms with E-state index < -0.39 is 0 Å². The summed E-state index contributed by atoms with van der Waals surface area (Å²) in [5.74, 6) is 0.246. The maximum atomic E-state index is 8.70. The van der Waals surface area contributed by atoms with Crippen LogP contribution in [-0.2, 0) is 0 Å². The highest BCUT2D eigenvalue weighted by Gasteiger charge is 2.08. The van der Waals surface area contributed by atoms with E-state index in [1.807, 2.05) is 6.07 Å². The Morgan fingerprint density at radius 1 is 1.54 bits per heavy atom. The molecule has 0 atom stereocenters. The number of nitrogens with zero attached hydrogens (tertiary/aromatic N) is 3. The van der Waals surface area contributed by atoms with Gasteiger partial charge in [0.25, 0.3) is 0 Å². The van der Waals surface area contributed by atoms with E-state index in [9.17, 15) is 0 Å². The lowest BCUT2D eigenvalue weighted by Gasteiger charge is -1.91. The van der Waals surface area contributed by atoms with E-state index in [-0.39, 0.29) is 16.8 Å². The number of pyridine rings is 1. The fourth-order valence-corrected chi connectivity index (χ4v) is 1.27. The van der Waals surface area contributed by atoms with Crippen molar-refractivity contribution < 1.29 is 0 Å². The fourth-order valence-electron chi connectivity index (χ4n) is 1.08. The first-order valence-corrected chi connectivity index (χ1v) is 3.80. The SMILES string of the molecule is N#Cc1nc(Cl)cc2[nH]c(N)nc12. The number of aromatic amines is 1. The molecule has 2 aromatic rings. The highest BCUT2D eigenvalue weighted by molar-refractivity contribution is 6.30. The molecule has 0 aromatic carbocycles. The van der Waals surface area contributed by atoms with Crippen LogP contribution in [0.4, 0.5) is 5.95 Å². The summed E-state index contributed by atoms with van der Waals surface area (Å²) in [6, 6.07) is 3.46. The van der Waals surface area contributed by atoms with Crippen LogP contribution in [0.25, 0.3) is 11.0 Å². The number of imidazole rings is 1. The average molecular weight is 194 g/mol. The molecule has 0 spiro atoms. The number of H-pyrrole nitrogens is 1. The normalized spacial score (nSPS) is 10.2. The highest BCUT2D eigenvalue weighted by atomic mass is 35.5. The van der Waals surface area contributed by atoms with Crippen molar-refractivity contribution >= 4 is 28.6 Å². The lowest BCUT2D eigenvalue weighted by molar-refractivity contribution is 1.28. The Morgan fingerprint density at radius 2 is 2.31 bits per heavy atom. The van der Waals surface area contributed by atoms with Crippen LogP contribution >= 0.6 is 11.6 Å². The zero-order valence-corrected chi connectivity index (χ0v) is 7.13. The van der Waals surface area contributed by atoms with Crippen LogP contribution in [0.3, 0.4) is 0 Å². The lowest BCUT2D eigenvalue weighted by atomic mass is 10.3. The van der Waals surface area contributed by atoms with Crippen molar-refractivity contribution in [3.05, 3.63) is 16.9 Å². The average Bonchev–Trinajstić information content (AvgIpc) is 2.43. The summed E-state index contributed by atoms with van der Waals surface area (Å²) in [6.45, 7) is 0. The number of halogens is 1.